The molecule has 16 heavy (non-hydrogen) atoms. The topological polar surface area (TPSA) is 51.2 Å². The van der Waals surface area contributed by atoms with E-state index in [4.69, 9.17) is 4.74 Å². The number of hydrogen-bond donors (Lipinski definition) is 1. The summed E-state index contributed by atoms with van der Waals surface area (Å²) in [5.41, 5.74) is 1.10. The van der Waals surface area contributed by atoms with E-state index in [0.29, 0.717) is 0 Å². The fourth-order valence-corrected chi connectivity index (χ4v) is 1.31. The monoisotopic (exact) mass is 222 g/mol. The molecule has 1 N–H and O–H groups in total. The van der Waals surface area contributed by atoms with Crippen LogP contribution in [0.4, 0.5) is 0 Å². The van der Waals surface area contributed by atoms with Crippen LogP contribution in [0, 0.1) is 0 Å². The average molecular weight is 222 g/mol. The molecule has 0 saturated carbocycles. The molecule has 0 spiro atoms. The first-order valence-corrected chi connectivity index (χ1v) is 5.42. The van der Waals surface area contributed by atoms with Crippen molar-refractivity contribution in [1.29, 1.82) is 0 Å². The smallest absolute Gasteiger partial charge is 0.320 e. The molecule has 1 heterocycles. The van der Waals surface area contributed by atoms with Gasteiger partial charge in [0.25, 0.3) is 0 Å². The third-order valence-corrected chi connectivity index (χ3v) is 2.13. The van der Waals surface area contributed by atoms with Crippen LogP contribution in [-0.2, 0) is 9.53 Å². The fourth-order valence-electron chi connectivity index (χ4n) is 1.31. The normalized spacial score (nSPS) is 12.5. The summed E-state index contributed by atoms with van der Waals surface area (Å²) in [5, 5.41) is 3.10. The van der Waals surface area contributed by atoms with Crippen LogP contribution in [0.15, 0.2) is 24.5 Å². The first-order valence-electron chi connectivity index (χ1n) is 5.42. The second-order valence-corrected chi connectivity index (χ2v) is 3.92. The Labute approximate surface area is 96.0 Å². The molecule has 0 radical (unpaired) electrons. The van der Waals surface area contributed by atoms with E-state index >= 15 is 0 Å². The summed E-state index contributed by atoms with van der Waals surface area (Å²) in [6.07, 6.45) is 3.41. The fraction of sp³-hybridized carbons (Fsp3) is 0.500. The molecule has 0 unspecified atom stereocenters. The number of hydrogen-bond acceptors (Lipinski definition) is 4. The maximum absolute atomic E-state index is 11.3. The van der Waals surface area contributed by atoms with Gasteiger partial charge in [0.1, 0.15) is 0 Å². The van der Waals surface area contributed by atoms with E-state index in [0.717, 1.165) is 5.56 Å². The summed E-state index contributed by atoms with van der Waals surface area (Å²) in [5.74, 6) is -0.226. The molecule has 88 valence electrons. The van der Waals surface area contributed by atoms with Gasteiger partial charge in [-0.1, -0.05) is 0 Å². The third-order valence-electron chi connectivity index (χ3n) is 2.13. The van der Waals surface area contributed by atoms with Crippen molar-refractivity contribution >= 4 is 5.97 Å². The lowest BCUT2D eigenvalue weighted by molar-refractivity contribution is -0.146. The van der Waals surface area contributed by atoms with Crippen molar-refractivity contribution in [3.05, 3.63) is 30.1 Å². The van der Waals surface area contributed by atoms with Crippen molar-refractivity contribution in [2.75, 3.05) is 6.54 Å². The van der Waals surface area contributed by atoms with E-state index in [1.54, 1.807) is 12.4 Å². The Balaban J connectivity index is 2.36. The van der Waals surface area contributed by atoms with Gasteiger partial charge in [-0.15, -0.1) is 0 Å². The minimum Gasteiger partial charge on any atom is -0.462 e. The molecule has 1 atom stereocenters. The molecule has 4 nitrogen and oxygen atoms in total. The number of rotatable bonds is 5. The molecule has 0 aliphatic heterocycles. The lowest BCUT2D eigenvalue weighted by atomic mass is 10.1. The zero-order chi connectivity index (χ0) is 12.0. The third kappa shape index (κ3) is 4.40. The highest BCUT2D eigenvalue weighted by molar-refractivity contribution is 5.71. The van der Waals surface area contributed by atoms with Gasteiger partial charge in [-0.2, -0.15) is 0 Å². The molecule has 0 bridgehead atoms. The van der Waals surface area contributed by atoms with Crippen molar-refractivity contribution in [2.24, 2.45) is 0 Å². The van der Waals surface area contributed by atoms with Gasteiger partial charge in [0.15, 0.2) is 0 Å². The molecule has 0 aliphatic rings. The van der Waals surface area contributed by atoms with Crippen molar-refractivity contribution in [3.8, 4) is 0 Å². The summed E-state index contributed by atoms with van der Waals surface area (Å²) in [7, 11) is 0. The molecule has 0 amide bonds. The van der Waals surface area contributed by atoms with E-state index in [2.05, 4.69) is 10.3 Å². The molecule has 0 saturated heterocycles. The minimum absolute atomic E-state index is 0.0643. The zero-order valence-electron chi connectivity index (χ0n) is 9.93. The van der Waals surface area contributed by atoms with Gasteiger partial charge in [-0.3, -0.25) is 9.78 Å². The van der Waals surface area contributed by atoms with E-state index in [9.17, 15) is 4.79 Å². The summed E-state index contributed by atoms with van der Waals surface area (Å²) >= 11 is 0. The number of carbonyl (C=O) groups is 1. The molecule has 0 fully saturated rings. The van der Waals surface area contributed by atoms with Gasteiger partial charge in [0.05, 0.1) is 12.6 Å². The van der Waals surface area contributed by atoms with Gasteiger partial charge >= 0.3 is 5.97 Å². The summed E-state index contributed by atoms with van der Waals surface area (Å²) in [6.45, 7) is 5.90. The number of carbonyl (C=O) groups excluding carboxylic acids is 1. The quantitative estimate of drug-likeness (QED) is 0.770. The highest BCUT2D eigenvalue weighted by Gasteiger charge is 2.09. The summed E-state index contributed by atoms with van der Waals surface area (Å²) in [6, 6.07) is 3.96. The number of esters is 1. The first-order chi connectivity index (χ1) is 7.59. The summed E-state index contributed by atoms with van der Waals surface area (Å²) < 4.78 is 5.02. The van der Waals surface area contributed by atoms with Crippen molar-refractivity contribution in [3.63, 3.8) is 0 Å². The van der Waals surface area contributed by atoms with Crippen LogP contribution < -0.4 is 5.32 Å². The maximum Gasteiger partial charge on any atom is 0.320 e. The number of nitrogens with zero attached hydrogens (tertiary/aromatic N) is 1. The maximum atomic E-state index is 11.3. The number of aromatic nitrogens is 1. The van der Waals surface area contributed by atoms with E-state index in [1.165, 1.54) is 0 Å². The first kappa shape index (κ1) is 12.6. The Kier molecular flexibility index (Phi) is 4.92. The van der Waals surface area contributed by atoms with Crippen LogP contribution in [0.3, 0.4) is 0 Å². The van der Waals surface area contributed by atoms with Gasteiger partial charge in [0, 0.05) is 18.4 Å². The van der Waals surface area contributed by atoms with Crippen molar-refractivity contribution in [2.45, 2.75) is 32.9 Å². The SMILES string of the molecule is CC(C)OC(=O)CN[C@@H](C)c1ccncc1. The molecule has 1 rings (SSSR count). The van der Waals surface area contributed by atoms with E-state index < -0.39 is 0 Å². The van der Waals surface area contributed by atoms with Crippen LogP contribution in [0.25, 0.3) is 0 Å². The molecular formula is C12H18N2O2. The highest BCUT2D eigenvalue weighted by atomic mass is 16.5. The van der Waals surface area contributed by atoms with E-state index in [-0.39, 0.29) is 24.7 Å². The zero-order valence-corrected chi connectivity index (χ0v) is 9.93. The average Bonchev–Trinajstić information content (AvgIpc) is 2.26. The number of pyridine rings is 1. The van der Waals surface area contributed by atoms with Gasteiger partial charge in [-0.05, 0) is 38.5 Å². The standard InChI is InChI=1S/C12H18N2O2/c1-9(2)16-12(15)8-14-10(3)11-4-6-13-7-5-11/h4-7,9-10,14H,8H2,1-3H3/t10-/m0/s1. The Morgan fingerprint density at radius 2 is 2.00 bits per heavy atom. The Morgan fingerprint density at radius 3 is 2.56 bits per heavy atom. The van der Waals surface area contributed by atoms with Crippen molar-refractivity contribution < 1.29 is 9.53 Å². The highest BCUT2D eigenvalue weighted by Crippen LogP contribution is 2.09. The molecule has 1 aromatic heterocycles. The van der Waals surface area contributed by atoms with Crippen LogP contribution in [0.1, 0.15) is 32.4 Å². The van der Waals surface area contributed by atoms with Gasteiger partial charge < -0.3 is 10.1 Å². The Bertz CT molecular complexity index is 325. The van der Waals surface area contributed by atoms with Crippen LogP contribution >= 0.6 is 0 Å². The minimum atomic E-state index is -0.226. The molecule has 0 aromatic carbocycles. The number of nitrogens with one attached hydrogen (secondary N) is 1. The van der Waals surface area contributed by atoms with Crippen LogP contribution in [-0.4, -0.2) is 23.6 Å². The second kappa shape index (κ2) is 6.23. The van der Waals surface area contributed by atoms with Crippen molar-refractivity contribution in [1.82, 2.24) is 10.3 Å². The Hall–Kier alpha value is -1.42. The predicted octanol–water partition coefficient (Wildman–Crippen LogP) is 1.68. The lowest BCUT2D eigenvalue weighted by Crippen LogP contribution is -2.28. The summed E-state index contributed by atoms with van der Waals surface area (Å²) in [4.78, 5) is 15.2. The molecule has 1 aromatic rings. The van der Waals surface area contributed by atoms with Crippen LogP contribution in [0.2, 0.25) is 0 Å². The Morgan fingerprint density at radius 1 is 1.38 bits per heavy atom. The molecular weight excluding hydrogens is 204 g/mol. The largest absolute Gasteiger partial charge is 0.462 e. The number of ether oxygens (including phenoxy) is 1. The molecule has 4 heteroatoms. The predicted molar refractivity (Wildman–Crippen MR) is 61.9 cm³/mol. The van der Waals surface area contributed by atoms with Crippen LogP contribution in [0.5, 0.6) is 0 Å². The second-order valence-electron chi connectivity index (χ2n) is 3.92. The van der Waals surface area contributed by atoms with Gasteiger partial charge in [-0.25, -0.2) is 0 Å². The lowest BCUT2D eigenvalue weighted by Gasteiger charge is -2.14. The van der Waals surface area contributed by atoms with Gasteiger partial charge in [0.2, 0.25) is 0 Å². The molecule has 0 aliphatic carbocycles. The van der Waals surface area contributed by atoms with E-state index in [1.807, 2.05) is 32.9 Å².